The van der Waals surface area contributed by atoms with Gasteiger partial charge in [0.1, 0.15) is 0 Å². The van der Waals surface area contributed by atoms with E-state index in [1.165, 1.54) is 13.2 Å². The van der Waals surface area contributed by atoms with Crippen molar-refractivity contribution in [2.45, 2.75) is 19.8 Å². The van der Waals surface area contributed by atoms with E-state index in [0.717, 1.165) is 12.8 Å². The van der Waals surface area contributed by atoms with E-state index in [4.69, 9.17) is 4.42 Å². The average Bonchev–Trinajstić information content (AvgIpc) is 3.16. The van der Waals surface area contributed by atoms with Crippen molar-refractivity contribution in [3.63, 3.8) is 0 Å². The Labute approximate surface area is 145 Å². The van der Waals surface area contributed by atoms with Crippen LogP contribution in [0, 0.1) is 5.92 Å². The first-order chi connectivity index (χ1) is 12.0. The Morgan fingerprint density at radius 3 is 2.76 bits per heavy atom. The van der Waals surface area contributed by atoms with E-state index in [2.05, 4.69) is 5.32 Å². The highest BCUT2D eigenvalue weighted by molar-refractivity contribution is 5.98. The number of ketones is 1. The summed E-state index contributed by atoms with van der Waals surface area (Å²) < 4.78 is 5.15. The first-order valence-electron chi connectivity index (χ1n) is 8.29. The molecule has 3 rings (SSSR count). The summed E-state index contributed by atoms with van der Waals surface area (Å²) in [7, 11) is 0. The highest BCUT2D eigenvalue weighted by Gasteiger charge is 2.29. The molecule has 1 saturated heterocycles. The van der Waals surface area contributed by atoms with Crippen molar-refractivity contribution in [3.8, 4) is 0 Å². The van der Waals surface area contributed by atoms with Crippen LogP contribution < -0.4 is 5.32 Å². The van der Waals surface area contributed by atoms with Crippen LogP contribution in [0.5, 0.6) is 0 Å². The van der Waals surface area contributed by atoms with Crippen molar-refractivity contribution in [2.75, 3.05) is 18.4 Å². The second kappa shape index (κ2) is 7.34. The van der Waals surface area contributed by atoms with E-state index < -0.39 is 0 Å². The molecule has 1 aromatic carbocycles. The Balaban J connectivity index is 1.65. The molecule has 1 aliphatic rings. The number of Topliss-reactive ketones (excluding diaryl/α,β-unsaturated/α-hetero) is 1. The number of hydrogen-bond donors (Lipinski definition) is 1. The van der Waals surface area contributed by atoms with Gasteiger partial charge in [-0.25, -0.2) is 0 Å². The summed E-state index contributed by atoms with van der Waals surface area (Å²) in [6, 6.07) is 10.2. The second-order valence-electron chi connectivity index (χ2n) is 6.19. The molecule has 1 fully saturated rings. The number of carbonyl (C=O) groups is 3. The van der Waals surface area contributed by atoms with E-state index in [9.17, 15) is 14.4 Å². The molecule has 2 amide bonds. The number of nitrogens with zero attached hydrogens (tertiary/aromatic N) is 1. The van der Waals surface area contributed by atoms with Gasteiger partial charge < -0.3 is 14.6 Å². The Bertz CT molecular complexity index is 782. The van der Waals surface area contributed by atoms with Crippen LogP contribution in [-0.4, -0.2) is 35.6 Å². The highest BCUT2D eigenvalue weighted by atomic mass is 16.3. The van der Waals surface area contributed by atoms with Crippen LogP contribution in [0.25, 0.3) is 0 Å². The topological polar surface area (TPSA) is 79.6 Å². The molecule has 0 bridgehead atoms. The highest BCUT2D eigenvalue weighted by Crippen LogP contribution is 2.21. The van der Waals surface area contributed by atoms with Gasteiger partial charge in [0.05, 0.1) is 12.2 Å². The molecular weight excluding hydrogens is 320 g/mol. The third-order valence-corrected chi connectivity index (χ3v) is 4.35. The fourth-order valence-electron chi connectivity index (χ4n) is 2.99. The van der Waals surface area contributed by atoms with E-state index in [-0.39, 0.29) is 29.3 Å². The van der Waals surface area contributed by atoms with Crippen molar-refractivity contribution in [3.05, 3.63) is 54.0 Å². The molecule has 0 radical (unpaired) electrons. The molecular formula is C19H20N2O4. The lowest BCUT2D eigenvalue weighted by atomic mass is 9.96. The van der Waals surface area contributed by atoms with Gasteiger partial charge in [0, 0.05) is 24.3 Å². The third kappa shape index (κ3) is 3.96. The van der Waals surface area contributed by atoms with Gasteiger partial charge in [-0.15, -0.1) is 0 Å². The van der Waals surface area contributed by atoms with E-state index in [0.29, 0.717) is 24.3 Å². The average molecular weight is 340 g/mol. The number of amides is 2. The van der Waals surface area contributed by atoms with Crippen LogP contribution in [0.1, 0.15) is 40.7 Å². The molecule has 25 heavy (non-hydrogen) atoms. The van der Waals surface area contributed by atoms with Crippen LogP contribution in [0.3, 0.4) is 0 Å². The predicted octanol–water partition coefficient (Wildman–Crippen LogP) is 2.97. The van der Waals surface area contributed by atoms with Crippen molar-refractivity contribution >= 4 is 23.3 Å². The maximum atomic E-state index is 12.5. The van der Waals surface area contributed by atoms with Gasteiger partial charge in [0.2, 0.25) is 5.91 Å². The lowest BCUT2D eigenvalue weighted by Gasteiger charge is -2.31. The molecule has 1 atom stereocenters. The first-order valence-corrected chi connectivity index (χ1v) is 8.29. The SMILES string of the molecule is CC(=O)c1cccc(NC(=O)C2CCCN(C(=O)c3ccco3)C2)c1. The van der Waals surface area contributed by atoms with Gasteiger partial charge in [-0.05, 0) is 44.0 Å². The van der Waals surface area contributed by atoms with Gasteiger partial charge >= 0.3 is 0 Å². The summed E-state index contributed by atoms with van der Waals surface area (Å²) in [6.07, 6.45) is 2.95. The van der Waals surface area contributed by atoms with E-state index in [1.807, 2.05) is 0 Å². The maximum Gasteiger partial charge on any atom is 0.289 e. The lowest BCUT2D eigenvalue weighted by molar-refractivity contribution is -0.121. The number of rotatable bonds is 4. The van der Waals surface area contributed by atoms with Crippen LogP contribution in [0.15, 0.2) is 47.1 Å². The van der Waals surface area contributed by atoms with Crippen molar-refractivity contribution in [1.82, 2.24) is 4.90 Å². The van der Waals surface area contributed by atoms with E-state index >= 15 is 0 Å². The molecule has 1 aromatic heterocycles. The Kier molecular flexibility index (Phi) is 4.97. The van der Waals surface area contributed by atoms with Gasteiger partial charge in [-0.2, -0.15) is 0 Å². The van der Waals surface area contributed by atoms with Crippen LogP contribution in [0.2, 0.25) is 0 Å². The Morgan fingerprint density at radius 2 is 2.04 bits per heavy atom. The van der Waals surface area contributed by atoms with Crippen LogP contribution >= 0.6 is 0 Å². The van der Waals surface area contributed by atoms with Crippen molar-refractivity contribution < 1.29 is 18.8 Å². The maximum absolute atomic E-state index is 12.5. The molecule has 1 aliphatic heterocycles. The predicted molar refractivity (Wildman–Crippen MR) is 92.4 cm³/mol. The summed E-state index contributed by atoms with van der Waals surface area (Å²) >= 11 is 0. The number of likely N-dealkylation sites (tertiary alicyclic amines) is 1. The molecule has 1 N–H and O–H groups in total. The number of anilines is 1. The molecule has 0 aliphatic carbocycles. The van der Waals surface area contributed by atoms with Crippen LogP contribution in [0.4, 0.5) is 5.69 Å². The summed E-state index contributed by atoms with van der Waals surface area (Å²) in [5.74, 6) is -0.383. The number of benzene rings is 1. The molecule has 2 aromatic rings. The molecule has 0 saturated carbocycles. The normalized spacial score (nSPS) is 17.2. The minimum Gasteiger partial charge on any atom is -0.459 e. The summed E-state index contributed by atoms with van der Waals surface area (Å²) in [6.45, 7) is 2.46. The number of furan rings is 1. The summed E-state index contributed by atoms with van der Waals surface area (Å²) in [5, 5.41) is 2.85. The summed E-state index contributed by atoms with van der Waals surface area (Å²) in [5.41, 5.74) is 1.14. The quantitative estimate of drug-likeness (QED) is 0.868. The van der Waals surface area contributed by atoms with Crippen molar-refractivity contribution in [2.24, 2.45) is 5.92 Å². The lowest BCUT2D eigenvalue weighted by Crippen LogP contribution is -2.43. The minimum atomic E-state index is -0.284. The Hall–Kier alpha value is -2.89. The molecule has 0 spiro atoms. The molecule has 2 heterocycles. The number of carbonyl (C=O) groups excluding carboxylic acids is 3. The van der Waals surface area contributed by atoms with Crippen molar-refractivity contribution in [1.29, 1.82) is 0 Å². The molecule has 1 unspecified atom stereocenters. The smallest absolute Gasteiger partial charge is 0.289 e. The van der Waals surface area contributed by atoms with Crippen LogP contribution in [-0.2, 0) is 4.79 Å². The zero-order valence-corrected chi connectivity index (χ0v) is 14.0. The molecule has 130 valence electrons. The minimum absolute atomic E-state index is 0.0519. The monoisotopic (exact) mass is 340 g/mol. The van der Waals surface area contributed by atoms with E-state index in [1.54, 1.807) is 41.3 Å². The van der Waals surface area contributed by atoms with Gasteiger partial charge in [-0.1, -0.05) is 12.1 Å². The standard InChI is InChI=1S/C19H20N2O4/c1-13(22)14-5-2-7-16(11-14)20-18(23)15-6-3-9-21(12-15)19(24)17-8-4-10-25-17/h2,4-5,7-8,10-11,15H,3,6,9,12H2,1H3,(H,20,23). The Morgan fingerprint density at radius 1 is 1.20 bits per heavy atom. The van der Waals surface area contributed by atoms with Gasteiger partial charge in [-0.3, -0.25) is 14.4 Å². The second-order valence-corrected chi connectivity index (χ2v) is 6.19. The largest absolute Gasteiger partial charge is 0.459 e. The number of hydrogen-bond acceptors (Lipinski definition) is 4. The number of nitrogens with one attached hydrogen (secondary N) is 1. The molecule has 6 nitrogen and oxygen atoms in total. The fraction of sp³-hybridized carbons (Fsp3) is 0.316. The number of piperidine rings is 1. The zero-order chi connectivity index (χ0) is 17.8. The first kappa shape index (κ1) is 17.0. The molecule has 6 heteroatoms. The fourth-order valence-corrected chi connectivity index (χ4v) is 2.99. The third-order valence-electron chi connectivity index (χ3n) is 4.35. The van der Waals surface area contributed by atoms with Gasteiger partial charge in [0.25, 0.3) is 5.91 Å². The zero-order valence-electron chi connectivity index (χ0n) is 14.0. The summed E-state index contributed by atoms with van der Waals surface area (Å²) in [4.78, 5) is 38.0. The van der Waals surface area contributed by atoms with Gasteiger partial charge in [0.15, 0.2) is 11.5 Å².